The molecule has 1 saturated heterocycles. The van der Waals surface area contributed by atoms with Crippen molar-refractivity contribution in [2.45, 2.75) is 29.8 Å². The maximum atomic E-state index is 12.3. The predicted molar refractivity (Wildman–Crippen MR) is 84.8 cm³/mol. The molecular weight excluding hydrogens is 365 g/mol. The van der Waals surface area contributed by atoms with E-state index >= 15 is 0 Å². The molecule has 0 aliphatic carbocycles. The Morgan fingerprint density at radius 1 is 1.17 bits per heavy atom. The minimum absolute atomic E-state index is 0.0429. The smallest absolute Gasteiger partial charge is 0.351 e. The van der Waals surface area contributed by atoms with Crippen LogP contribution in [0.3, 0.4) is 0 Å². The van der Waals surface area contributed by atoms with Crippen LogP contribution < -0.4 is 5.32 Å². The van der Waals surface area contributed by atoms with Gasteiger partial charge in [0, 0.05) is 19.6 Å². The summed E-state index contributed by atoms with van der Waals surface area (Å²) in [6.45, 7) is 1.06. The van der Waals surface area contributed by atoms with E-state index in [-0.39, 0.29) is 11.4 Å². The Hall–Kier alpha value is -1.26. The van der Waals surface area contributed by atoms with Crippen LogP contribution in [0.1, 0.15) is 18.4 Å². The fourth-order valence-corrected chi connectivity index (χ4v) is 4.17. The predicted octanol–water partition coefficient (Wildman–Crippen LogP) is 2.34. The quantitative estimate of drug-likeness (QED) is 0.820. The number of nitrogens with one attached hydrogen (secondary N) is 1. The summed E-state index contributed by atoms with van der Waals surface area (Å²) in [5.41, 5.74) is -3.83. The molecule has 0 bridgehead atoms. The van der Waals surface area contributed by atoms with Crippen molar-refractivity contribution in [2.24, 2.45) is 0 Å². The minimum atomic E-state index is -4.44. The first-order chi connectivity index (χ1) is 11.2. The average molecular weight is 382 g/mol. The number of hydrogen-bond donors (Lipinski definition) is 1. The van der Waals surface area contributed by atoms with Gasteiger partial charge in [0.2, 0.25) is 15.9 Å². The van der Waals surface area contributed by atoms with Crippen molar-refractivity contribution in [2.75, 3.05) is 18.8 Å². The van der Waals surface area contributed by atoms with E-state index in [2.05, 4.69) is 5.32 Å². The summed E-state index contributed by atoms with van der Waals surface area (Å²) in [6.07, 6.45) is 1.69. The highest BCUT2D eigenvalue weighted by atomic mass is 32.2. The van der Waals surface area contributed by atoms with Crippen LogP contribution in [0.4, 0.5) is 13.2 Å². The van der Waals surface area contributed by atoms with Crippen molar-refractivity contribution in [3.63, 3.8) is 0 Å². The second-order valence-corrected chi connectivity index (χ2v) is 8.24. The van der Waals surface area contributed by atoms with Crippen LogP contribution >= 0.6 is 11.8 Å². The molecule has 1 fully saturated rings. The van der Waals surface area contributed by atoms with Crippen molar-refractivity contribution in [3.8, 4) is 0 Å². The molecule has 24 heavy (non-hydrogen) atoms. The number of amides is 1. The van der Waals surface area contributed by atoms with E-state index in [0.29, 0.717) is 18.7 Å². The lowest BCUT2D eigenvalue weighted by Gasteiger charge is -2.15. The summed E-state index contributed by atoms with van der Waals surface area (Å²) < 4.78 is 62.1. The molecule has 0 spiro atoms. The molecule has 1 aliphatic heterocycles. The standard InChI is InChI=1S/C14H17F3N2O3S2/c15-14(16,17)23-10-13(20)18-9-11-3-5-12(6-4-11)24(21,22)19-7-1-2-8-19/h3-6H,1-2,7-10H2,(H,18,20). The highest BCUT2D eigenvalue weighted by Gasteiger charge is 2.29. The minimum Gasteiger partial charge on any atom is -0.351 e. The van der Waals surface area contributed by atoms with E-state index < -0.39 is 39.0 Å². The number of nitrogens with zero attached hydrogens (tertiary/aromatic N) is 1. The zero-order chi connectivity index (χ0) is 17.8. The van der Waals surface area contributed by atoms with E-state index in [1.54, 1.807) is 12.1 Å². The Labute approximate surface area is 142 Å². The first-order valence-electron chi connectivity index (χ1n) is 7.25. The Morgan fingerprint density at radius 2 is 1.75 bits per heavy atom. The highest BCUT2D eigenvalue weighted by Crippen LogP contribution is 2.29. The largest absolute Gasteiger partial charge is 0.442 e. The van der Waals surface area contributed by atoms with E-state index in [1.807, 2.05) is 0 Å². The maximum absolute atomic E-state index is 12.3. The van der Waals surface area contributed by atoms with Crippen LogP contribution in [-0.4, -0.2) is 43.0 Å². The van der Waals surface area contributed by atoms with Gasteiger partial charge in [-0.15, -0.1) is 0 Å². The van der Waals surface area contributed by atoms with Gasteiger partial charge in [0.15, 0.2) is 0 Å². The molecule has 10 heteroatoms. The Bertz CT molecular complexity index is 670. The number of halogens is 3. The van der Waals surface area contributed by atoms with Crippen molar-refractivity contribution >= 4 is 27.7 Å². The van der Waals surface area contributed by atoms with Crippen molar-refractivity contribution in [3.05, 3.63) is 29.8 Å². The first-order valence-corrected chi connectivity index (χ1v) is 9.67. The fourth-order valence-electron chi connectivity index (χ4n) is 2.26. The highest BCUT2D eigenvalue weighted by molar-refractivity contribution is 8.00. The summed E-state index contributed by atoms with van der Waals surface area (Å²) in [5, 5.41) is 2.37. The van der Waals surface area contributed by atoms with Gasteiger partial charge in [-0.2, -0.15) is 17.5 Å². The second kappa shape index (κ2) is 7.75. The van der Waals surface area contributed by atoms with Crippen LogP contribution in [-0.2, 0) is 21.4 Å². The van der Waals surface area contributed by atoms with Crippen LogP contribution in [0.15, 0.2) is 29.2 Å². The molecule has 0 atom stereocenters. The lowest BCUT2D eigenvalue weighted by Crippen LogP contribution is -2.28. The summed E-state index contributed by atoms with van der Waals surface area (Å²) in [5.74, 6) is -1.43. The van der Waals surface area contributed by atoms with E-state index in [1.165, 1.54) is 16.4 Å². The van der Waals surface area contributed by atoms with Gasteiger partial charge < -0.3 is 5.32 Å². The number of rotatable bonds is 6. The molecule has 1 heterocycles. The van der Waals surface area contributed by atoms with Gasteiger partial charge in [-0.3, -0.25) is 4.79 Å². The third-order valence-electron chi connectivity index (χ3n) is 3.48. The van der Waals surface area contributed by atoms with Gasteiger partial charge in [-0.1, -0.05) is 12.1 Å². The van der Waals surface area contributed by atoms with Crippen molar-refractivity contribution in [1.29, 1.82) is 0 Å². The first kappa shape index (κ1) is 19.1. The van der Waals surface area contributed by atoms with Crippen molar-refractivity contribution < 1.29 is 26.4 Å². The molecule has 5 nitrogen and oxygen atoms in total. The Balaban J connectivity index is 1.89. The third kappa shape index (κ3) is 5.38. The molecule has 1 aliphatic rings. The molecule has 0 unspecified atom stereocenters. The van der Waals surface area contributed by atoms with Crippen molar-refractivity contribution in [1.82, 2.24) is 9.62 Å². The summed E-state index contributed by atoms with van der Waals surface area (Å²) >= 11 is -0.400. The molecule has 1 aromatic carbocycles. The lowest BCUT2D eigenvalue weighted by molar-refractivity contribution is -0.119. The molecule has 1 N–H and O–H groups in total. The third-order valence-corrected chi connectivity index (χ3v) is 6.13. The molecule has 134 valence electrons. The molecule has 0 radical (unpaired) electrons. The normalized spacial score (nSPS) is 16.3. The lowest BCUT2D eigenvalue weighted by atomic mass is 10.2. The van der Waals surface area contributed by atoms with E-state index in [9.17, 15) is 26.4 Å². The topological polar surface area (TPSA) is 66.5 Å². The average Bonchev–Trinajstić information content (AvgIpc) is 3.06. The molecule has 1 amide bonds. The van der Waals surface area contributed by atoms with Crippen LogP contribution in [0.2, 0.25) is 0 Å². The number of sulfonamides is 1. The SMILES string of the molecule is O=C(CSC(F)(F)F)NCc1ccc(S(=O)(=O)N2CCCC2)cc1. The zero-order valence-corrected chi connectivity index (χ0v) is 14.3. The van der Waals surface area contributed by atoms with E-state index in [4.69, 9.17) is 0 Å². The Morgan fingerprint density at radius 3 is 2.29 bits per heavy atom. The number of benzene rings is 1. The summed E-state index contributed by atoms with van der Waals surface area (Å²) in [7, 11) is -3.49. The number of alkyl halides is 3. The Kier molecular flexibility index (Phi) is 6.16. The monoisotopic (exact) mass is 382 g/mol. The molecule has 0 aromatic heterocycles. The van der Waals surface area contributed by atoms with Crippen LogP contribution in [0.25, 0.3) is 0 Å². The number of hydrogen-bond acceptors (Lipinski definition) is 4. The number of carbonyl (C=O) groups excluding carboxylic acids is 1. The second-order valence-electron chi connectivity index (χ2n) is 5.27. The molecule has 2 rings (SSSR count). The summed E-state index contributed by atoms with van der Waals surface area (Å²) in [6, 6.07) is 5.97. The van der Waals surface area contributed by atoms with Gasteiger partial charge in [0.25, 0.3) is 0 Å². The summed E-state index contributed by atoms with van der Waals surface area (Å²) in [4.78, 5) is 11.5. The maximum Gasteiger partial charge on any atom is 0.442 e. The zero-order valence-electron chi connectivity index (χ0n) is 12.7. The fraction of sp³-hybridized carbons (Fsp3) is 0.500. The van der Waals surface area contributed by atoms with Gasteiger partial charge in [0.1, 0.15) is 0 Å². The number of carbonyl (C=O) groups is 1. The van der Waals surface area contributed by atoms with Crippen LogP contribution in [0.5, 0.6) is 0 Å². The molecule has 1 aromatic rings. The van der Waals surface area contributed by atoms with Gasteiger partial charge in [-0.05, 0) is 42.3 Å². The van der Waals surface area contributed by atoms with E-state index in [0.717, 1.165) is 12.8 Å². The molecule has 0 saturated carbocycles. The van der Waals surface area contributed by atoms with Gasteiger partial charge >= 0.3 is 5.51 Å². The molecular formula is C14H17F3N2O3S2. The number of thioether (sulfide) groups is 1. The van der Waals surface area contributed by atoms with Crippen LogP contribution in [0, 0.1) is 0 Å². The van der Waals surface area contributed by atoms with Gasteiger partial charge in [0.05, 0.1) is 10.6 Å². The van der Waals surface area contributed by atoms with Gasteiger partial charge in [-0.25, -0.2) is 8.42 Å².